The summed E-state index contributed by atoms with van der Waals surface area (Å²) in [5, 5.41) is 38.0. The minimum atomic E-state index is -2.12. The summed E-state index contributed by atoms with van der Waals surface area (Å²) in [6.07, 6.45) is 0. The highest BCUT2D eigenvalue weighted by atomic mass is 16.4. The fourth-order valence-electron chi connectivity index (χ4n) is 1.02. The van der Waals surface area contributed by atoms with Crippen molar-refractivity contribution in [2.75, 3.05) is 6.61 Å². The summed E-state index contributed by atoms with van der Waals surface area (Å²) in [6.45, 7) is 3.68. The van der Waals surface area contributed by atoms with Crippen LogP contribution < -0.4 is 0 Å². The zero-order valence-electron chi connectivity index (χ0n) is 8.90. The van der Waals surface area contributed by atoms with E-state index in [1.165, 1.54) is 0 Å². The molecule has 5 nitrogen and oxygen atoms in total. The summed E-state index contributed by atoms with van der Waals surface area (Å²) in [7, 11) is 0. The van der Waals surface area contributed by atoms with Crippen molar-refractivity contribution in [1.82, 2.24) is 0 Å². The molecule has 0 saturated carbocycles. The molecule has 0 aliphatic carbocycles. The minimum Gasteiger partial charge on any atom is -0.393 e. The van der Waals surface area contributed by atoms with E-state index in [1.807, 2.05) is 0 Å². The van der Waals surface area contributed by atoms with Crippen molar-refractivity contribution < 1.29 is 25.2 Å². The third kappa shape index (κ3) is 1.81. The van der Waals surface area contributed by atoms with Crippen LogP contribution in [0.2, 0.25) is 0 Å². The Bertz CT molecular complexity index is 229. The molecule has 3 unspecified atom stereocenters. The van der Waals surface area contributed by atoms with Crippen molar-refractivity contribution in [2.24, 2.45) is 0 Å². The average Bonchev–Trinajstić information content (AvgIpc) is 2.03. The monoisotopic (exact) mass is 206 g/mol. The normalized spacial score (nSPS) is 24.6. The van der Waals surface area contributed by atoms with E-state index in [0.717, 1.165) is 27.7 Å². The molecule has 0 rings (SSSR count). The molecule has 84 valence electrons. The van der Waals surface area contributed by atoms with Gasteiger partial charge in [-0.3, -0.25) is 4.79 Å². The van der Waals surface area contributed by atoms with Gasteiger partial charge in [0.15, 0.2) is 11.4 Å². The van der Waals surface area contributed by atoms with Crippen molar-refractivity contribution in [3.8, 4) is 0 Å². The van der Waals surface area contributed by atoms with Crippen LogP contribution in [0.25, 0.3) is 0 Å². The number of carbonyl (C=O) groups is 1. The maximum absolute atomic E-state index is 11.1. The van der Waals surface area contributed by atoms with Crippen LogP contribution in [0.15, 0.2) is 0 Å². The molecule has 0 spiro atoms. The second-order valence-corrected chi connectivity index (χ2v) is 4.13. The minimum absolute atomic E-state index is 0.684. The molecular formula is C9H18O5. The van der Waals surface area contributed by atoms with Crippen molar-refractivity contribution in [3.63, 3.8) is 0 Å². The zero-order chi connectivity index (χ0) is 11.8. The first kappa shape index (κ1) is 13.5. The predicted octanol–water partition coefficient (Wildman–Crippen LogP) is -1.18. The number of aliphatic hydroxyl groups is 4. The fourth-order valence-corrected chi connectivity index (χ4v) is 1.02. The van der Waals surface area contributed by atoms with Crippen molar-refractivity contribution in [3.05, 3.63) is 0 Å². The molecule has 3 atom stereocenters. The quantitative estimate of drug-likeness (QED) is 0.464. The summed E-state index contributed by atoms with van der Waals surface area (Å²) in [6, 6.07) is 0. The van der Waals surface area contributed by atoms with Gasteiger partial charge in [-0.2, -0.15) is 0 Å². The zero-order valence-corrected chi connectivity index (χ0v) is 8.90. The van der Waals surface area contributed by atoms with E-state index in [9.17, 15) is 20.1 Å². The molecule has 5 heteroatoms. The van der Waals surface area contributed by atoms with E-state index in [-0.39, 0.29) is 0 Å². The number of carbonyl (C=O) groups excluding carboxylic acids is 1. The largest absolute Gasteiger partial charge is 0.393 e. The van der Waals surface area contributed by atoms with Crippen LogP contribution in [0.4, 0.5) is 0 Å². The van der Waals surface area contributed by atoms with Gasteiger partial charge in [0.2, 0.25) is 0 Å². The maximum atomic E-state index is 11.1. The second kappa shape index (κ2) is 3.58. The molecule has 0 fully saturated rings. The first-order valence-electron chi connectivity index (χ1n) is 4.29. The highest BCUT2D eigenvalue weighted by Gasteiger charge is 2.56. The Labute approximate surface area is 83.0 Å². The Kier molecular flexibility index (Phi) is 3.46. The molecule has 4 N–H and O–H groups in total. The first-order valence-corrected chi connectivity index (χ1v) is 4.29. The molecule has 14 heavy (non-hydrogen) atoms. The Morgan fingerprint density at radius 1 is 1.14 bits per heavy atom. The lowest BCUT2D eigenvalue weighted by Crippen LogP contribution is -2.67. The van der Waals surface area contributed by atoms with Crippen LogP contribution in [0.1, 0.15) is 27.7 Å². The molecule has 0 amide bonds. The number of rotatable bonds is 4. The van der Waals surface area contributed by atoms with Gasteiger partial charge in [-0.15, -0.1) is 0 Å². The van der Waals surface area contributed by atoms with Crippen LogP contribution in [0, 0.1) is 0 Å². The molecule has 0 bridgehead atoms. The number of ketones is 1. The van der Waals surface area contributed by atoms with Crippen molar-refractivity contribution >= 4 is 5.78 Å². The lowest BCUT2D eigenvalue weighted by Gasteiger charge is -2.45. The summed E-state index contributed by atoms with van der Waals surface area (Å²) in [4.78, 5) is 11.1. The van der Waals surface area contributed by atoms with Crippen LogP contribution in [0.3, 0.4) is 0 Å². The molecule has 0 saturated heterocycles. The Morgan fingerprint density at radius 3 is 1.71 bits per heavy atom. The maximum Gasteiger partial charge on any atom is 0.164 e. The van der Waals surface area contributed by atoms with Crippen LogP contribution in [-0.4, -0.2) is 49.6 Å². The SMILES string of the molecule is CC(=O)C(C)(O)C(C)(O)C(C)(O)CO. The van der Waals surface area contributed by atoms with Crippen LogP contribution in [0.5, 0.6) is 0 Å². The molecule has 0 aromatic carbocycles. The highest BCUT2D eigenvalue weighted by Crippen LogP contribution is 2.33. The second-order valence-electron chi connectivity index (χ2n) is 4.13. The van der Waals surface area contributed by atoms with Crippen LogP contribution >= 0.6 is 0 Å². The number of hydrogen-bond acceptors (Lipinski definition) is 5. The van der Waals surface area contributed by atoms with E-state index in [1.54, 1.807) is 0 Å². The summed E-state index contributed by atoms with van der Waals surface area (Å²) < 4.78 is 0. The fraction of sp³-hybridized carbons (Fsp3) is 0.889. The van der Waals surface area contributed by atoms with Crippen molar-refractivity contribution in [2.45, 2.75) is 44.5 Å². The molecule has 0 aromatic heterocycles. The lowest BCUT2D eigenvalue weighted by atomic mass is 9.72. The van der Waals surface area contributed by atoms with E-state index in [0.29, 0.717) is 0 Å². The first-order chi connectivity index (χ1) is 6.00. The van der Waals surface area contributed by atoms with Crippen molar-refractivity contribution in [1.29, 1.82) is 0 Å². The Balaban J connectivity index is 5.24. The molecule has 0 aliphatic heterocycles. The topological polar surface area (TPSA) is 98.0 Å². The summed E-state index contributed by atoms with van der Waals surface area (Å²) >= 11 is 0. The standard InChI is InChI=1S/C9H18O5/c1-6(11)8(3,13)9(4,14)7(2,12)5-10/h10,12-14H,5H2,1-4H3. The predicted molar refractivity (Wildman–Crippen MR) is 49.6 cm³/mol. The Morgan fingerprint density at radius 2 is 1.50 bits per heavy atom. The number of Topliss-reactive ketones (excluding diaryl/α,β-unsaturated/α-hetero) is 1. The molecule has 0 aliphatic rings. The molecular weight excluding hydrogens is 188 g/mol. The third-order valence-corrected chi connectivity index (χ3v) is 2.99. The summed E-state index contributed by atoms with van der Waals surface area (Å²) in [5.41, 5.74) is -6.19. The average molecular weight is 206 g/mol. The van der Waals surface area contributed by atoms with Gasteiger partial charge < -0.3 is 20.4 Å². The van der Waals surface area contributed by atoms with Gasteiger partial charge in [-0.25, -0.2) is 0 Å². The van der Waals surface area contributed by atoms with E-state index in [2.05, 4.69) is 0 Å². The third-order valence-electron chi connectivity index (χ3n) is 2.99. The van der Waals surface area contributed by atoms with Gasteiger partial charge in [-0.1, -0.05) is 0 Å². The van der Waals surface area contributed by atoms with E-state index >= 15 is 0 Å². The molecule has 0 radical (unpaired) electrons. The Hall–Kier alpha value is -0.490. The van der Waals surface area contributed by atoms with Gasteiger partial charge in [0.1, 0.15) is 11.2 Å². The number of hydrogen-bond donors (Lipinski definition) is 4. The van der Waals surface area contributed by atoms with E-state index in [4.69, 9.17) is 5.11 Å². The molecule has 0 heterocycles. The van der Waals surface area contributed by atoms with Gasteiger partial charge in [0.25, 0.3) is 0 Å². The number of aliphatic hydroxyl groups excluding tert-OH is 1. The lowest BCUT2D eigenvalue weighted by molar-refractivity contribution is -0.230. The van der Waals surface area contributed by atoms with Gasteiger partial charge in [0.05, 0.1) is 6.61 Å². The smallest absolute Gasteiger partial charge is 0.164 e. The van der Waals surface area contributed by atoms with Gasteiger partial charge >= 0.3 is 0 Å². The van der Waals surface area contributed by atoms with Gasteiger partial charge in [0, 0.05) is 0 Å². The van der Waals surface area contributed by atoms with Crippen LogP contribution in [-0.2, 0) is 4.79 Å². The molecule has 0 aromatic rings. The summed E-state index contributed by atoms with van der Waals surface area (Å²) in [5.74, 6) is -0.684. The highest BCUT2D eigenvalue weighted by molar-refractivity contribution is 5.85. The van der Waals surface area contributed by atoms with E-state index < -0.39 is 29.2 Å². The van der Waals surface area contributed by atoms with Gasteiger partial charge in [-0.05, 0) is 27.7 Å².